The lowest BCUT2D eigenvalue weighted by Gasteiger charge is -2.34. The summed E-state index contributed by atoms with van der Waals surface area (Å²) < 4.78 is 0. The number of carbonyl (C=O) groups excluding carboxylic acids is 1. The SMILES string of the molecule is CN1CCN(c2ccc(NC(=O)CN(C)Cc3c(O)ccc4ccccc34)cc2)CC1. The molecule has 0 spiro atoms. The Morgan fingerprint density at radius 2 is 1.71 bits per heavy atom. The molecule has 0 unspecified atom stereocenters. The molecule has 0 radical (unpaired) electrons. The van der Waals surface area contributed by atoms with Crippen LogP contribution >= 0.6 is 0 Å². The molecule has 0 atom stereocenters. The molecular weight excluding hydrogens is 388 g/mol. The number of carbonyl (C=O) groups is 1. The van der Waals surface area contributed by atoms with Crippen LogP contribution < -0.4 is 10.2 Å². The van der Waals surface area contributed by atoms with Gasteiger partial charge in [0.15, 0.2) is 0 Å². The number of hydrogen-bond donors (Lipinski definition) is 2. The Kier molecular flexibility index (Phi) is 6.39. The van der Waals surface area contributed by atoms with E-state index < -0.39 is 0 Å². The van der Waals surface area contributed by atoms with Gasteiger partial charge in [0, 0.05) is 49.7 Å². The number of benzene rings is 3. The predicted octanol–water partition coefficient (Wildman–Crippen LogP) is 3.37. The Morgan fingerprint density at radius 1 is 1.00 bits per heavy atom. The predicted molar refractivity (Wildman–Crippen MR) is 127 cm³/mol. The number of phenolic OH excluding ortho intramolecular Hbond substituents is 1. The zero-order valence-corrected chi connectivity index (χ0v) is 18.2. The van der Waals surface area contributed by atoms with Gasteiger partial charge in [-0.2, -0.15) is 0 Å². The van der Waals surface area contributed by atoms with Gasteiger partial charge in [0.1, 0.15) is 5.75 Å². The van der Waals surface area contributed by atoms with Crippen LogP contribution in [0.1, 0.15) is 5.56 Å². The van der Waals surface area contributed by atoms with E-state index in [9.17, 15) is 9.90 Å². The second-order valence-electron chi connectivity index (χ2n) is 8.34. The number of amides is 1. The summed E-state index contributed by atoms with van der Waals surface area (Å²) >= 11 is 0. The minimum absolute atomic E-state index is 0.0745. The number of likely N-dealkylation sites (N-methyl/N-ethyl adjacent to an activating group) is 2. The highest BCUT2D eigenvalue weighted by atomic mass is 16.3. The highest BCUT2D eigenvalue weighted by Crippen LogP contribution is 2.28. The number of phenols is 1. The molecular formula is C25H30N4O2. The van der Waals surface area contributed by atoms with E-state index in [1.807, 2.05) is 54.4 Å². The maximum absolute atomic E-state index is 12.6. The van der Waals surface area contributed by atoms with Crippen LogP contribution in [0.4, 0.5) is 11.4 Å². The molecule has 31 heavy (non-hydrogen) atoms. The van der Waals surface area contributed by atoms with Gasteiger partial charge in [0.05, 0.1) is 6.54 Å². The van der Waals surface area contributed by atoms with Crippen molar-refractivity contribution < 1.29 is 9.90 Å². The second kappa shape index (κ2) is 9.37. The van der Waals surface area contributed by atoms with Crippen LogP contribution in [-0.4, -0.2) is 67.6 Å². The largest absolute Gasteiger partial charge is 0.508 e. The summed E-state index contributed by atoms with van der Waals surface area (Å²) in [5.74, 6) is 0.181. The number of nitrogens with zero attached hydrogens (tertiary/aromatic N) is 3. The van der Waals surface area contributed by atoms with Crippen LogP contribution in [0, 0.1) is 0 Å². The van der Waals surface area contributed by atoms with Crippen molar-refractivity contribution in [3.05, 3.63) is 66.2 Å². The van der Waals surface area contributed by atoms with E-state index in [4.69, 9.17) is 0 Å². The van der Waals surface area contributed by atoms with Crippen molar-refractivity contribution in [2.45, 2.75) is 6.54 Å². The standard InChI is InChI=1S/C25H30N4O2/c1-27-13-15-29(16-14-27)21-10-8-20(9-11-21)26-25(31)18-28(2)17-23-22-6-4-3-5-19(22)7-12-24(23)30/h3-12,30H,13-18H2,1-2H3,(H,26,31). The molecule has 2 N–H and O–H groups in total. The maximum Gasteiger partial charge on any atom is 0.238 e. The first-order valence-electron chi connectivity index (χ1n) is 10.7. The van der Waals surface area contributed by atoms with Gasteiger partial charge in [-0.1, -0.05) is 30.3 Å². The van der Waals surface area contributed by atoms with Gasteiger partial charge in [0.2, 0.25) is 5.91 Å². The van der Waals surface area contributed by atoms with Crippen LogP contribution in [0.5, 0.6) is 5.75 Å². The van der Waals surface area contributed by atoms with Crippen molar-refractivity contribution in [1.82, 2.24) is 9.80 Å². The van der Waals surface area contributed by atoms with Crippen molar-refractivity contribution in [2.75, 3.05) is 57.0 Å². The summed E-state index contributed by atoms with van der Waals surface area (Å²) in [5.41, 5.74) is 2.82. The normalized spacial score (nSPS) is 14.9. The van der Waals surface area contributed by atoms with Crippen LogP contribution in [0.2, 0.25) is 0 Å². The van der Waals surface area contributed by atoms with Crippen molar-refractivity contribution in [1.29, 1.82) is 0 Å². The average molecular weight is 419 g/mol. The Bertz CT molecular complexity index is 1040. The third-order valence-electron chi connectivity index (χ3n) is 5.88. The molecule has 6 heteroatoms. The van der Waals surface area contributed by atoms with Crippen molar-refractivity contribution in [3.63, 3.8) is 0 Å². The quantitative estimate of drug-likeness (QED) is 0.643. The number of nitrogens with one attached hydrogen (secondary N) is 1. The van der Waals surface area contributed by atoms with Gasteiger partial charge >= 0.3 is 0 Å². The first kappa shape index (κ1) is 21.2. The fourth-order valence-corrected chi connectivity index (χ4v) is 4.08. The lowest BCUT2D eigenvalue weighted by atomic mass is 10.0. The molecule has 1 fully saturated rings. The summed E-state index contributed by atoms with van der Waals surface area (Å²) in [4.78, 5) is 19.2. The van der Waals surface area contributed by atoms with Crippen LogP contribution in [-0.2, 0) is 11.3 Å². The molecule has 1 aliphatic heterocycles. The van der Waals surface area contributed by atoms with Gasteiger partial charge in [-0.15, -0.1) is 0 Å². The number of piperazine rings is 1. The van der Waals surface area contributed by atoms with E-state index in [1.165, 1.54) is 5.69 Å². The topological polar surface area (TPSA) is 59.0 Å². The summed E-state index contributed by atoms with van der Waals surface area (Å²) in [7, 11) is 4.03. The highest BCUT2D eigenvalue weighted by molar-refractivity contribution is 5.92. The van der Waals surface area contributed by atoms with E-state index in [2.05, 4.69) is 34.3 Å². The first-order chi connectivity index (χ1) is 15.0. The molecule has 3 aromatic carbocycles. The van der Waals surface area contributed by atoms with Crippen molar-refractivity contribution in [2.24, 2.45) is 0 Å². The van der Waals surface area contributed by atoms with Gasteiger partial charge in [-0.3, -0.25) is 9.69 Å². The minimum atomic E-state index is -0.0745. The van der Waals surface area contributed by atoms with E-state index in [0.29, 0.717) is 6.54 Å². The Hall–Kier alpha value is -3.09. The monoisotopic (exact) mass is 418 g/mol. The molecule has 0 bridgehead atoms. The summed E-state index contributed by atoms with van der Waals surface area (Å²) in [6.07, 6.45) is 0. The molecule has 0 aromatic heterocycles. The molecule has 162 valence electrons. The van der Waals surface area contributed by atoms with Gasteiger partial charge in [-0.25, -0.2) is 0 Å². The zero-order chi connectivity index (χ0) is 21.8. The molecule has 1 amide bonds. The van der Waals surface area contributed by atoms with Gasteiger partial charge < -0.3 is 20.2 Å². The van der Waals surface area contributed by atoms with Crippen LogP contribution in [0.25, 0.3) is 10.8 Å². The van der Waals surface area contributed by atoms with Gasteiger partial charge in [0.25, 0.3) is 0 Å². The number of fused-ring (bicyclic) bond motifs is 1. The molecule has 0 aliphatic carbocycles. The molecule has 4 rings (SSSR count). The first-order valence-corrected chi connectivity index (χ1v) is 10.7. The molecule has 1 heterocycles. The Balaban J connectivity index is 1.34. The average Bonchev–Trinajstić information content (AvgIpc) is 2.77. The highest BCUT2D eigenvalue weighted by Gasteiger charge is 2.15. The molecule has 1 saturated heterocycles. The number of rotatable bonds is 6. The van der Waals surface area contributed by atoms with E-state index >= 15 is 0 Å². The number of anilines is 2. The van der Waals surface area contributed by atoms with Crippen molar-refractivity contribution >= 4 is 28.1 Å². The molecule has 0 saturated carbocycles. The van der Waals surface area contributed by atoms with Crippen LogP contribution in [0.3, 0.4) is 0 Å². The zero-order valence-electron chi connectivity index (χ0n) is 18.2. The fourth-order valence-electron chi connectivity index (χ4n) is 4.08. The fraction of sp³-hybridized carbons (Fsp3) is 0.320. The lowest BCUT2D eigenvalue weighted by Crippen LogP contribution is -2.44. The summed E-state index contributed by atoms with van der Waals surface area (Å²) in [6.45, 7) is 4.90. The smallest absolute Gasteiger partial charge is 0.238 e. The minimum Gasteiger partial charge on any atom is -0.508 e. The van der Waals surface area contributed by atoms with Gasteiger partial charge in [-0.05, 0) is 55.2 Å². The molecule has 1 aliphatic rings. The number of aromatic hydroxyl groups is 1. The van der Waals surface area contributed by atoms with Crippen LogP contribution in [0.15, 0.2) is 60.7 Å². The maximum atomic E-state index is 12.6. The van der Waals surface area contributed by atoms with E-state index in [-0.39, 0.29) is 18.2 Å². The Labute approximate surface area is 183 Å². The van der Waals surface area contributed by atoms with E-state index in [0.717, 1.165) is 48.2 Å². The second-order valence-corrected chi connectivity index (χ2v) is 8.34. The summed E-state index contributed by atoms with van der Waals surface area (Å²) in [6, 6.07) is 19.7. The Morgan fingerprint density at radius 3 is 2.45 bits per heavy atom. The lowest BCUT2D eigenvalue weighted by molar-refractivity contribution is -0.117. The number of hydrogen-bond acceptors (Lipinski definition) is 5. The third-order valence-corrected chi connectivity index (χ3v) is 5.88. The van der Waals surface area contributed by atoms with E-state index in [1.54, 1.807) is 6.07 Å². The molecule has 6 nitrogen and oxygen atoms in total. The summed E-state index contributed by atoms with van der Waals surface area (Å²) in [5, 5.41) is 15.4. The molecule has 3 aromatic rings. The third kappa shape index (κ3) is 5.16. The van der Waals surface area contributed by atoms with Crippen molar-refractivity contribution in [3.8, 4) is 5.75 Å².